The van der Waals surface area contributed by atoms with E-state index in [-0.39, 0.29) is 36.0 Å². The Morgan fingerprint density at radius 2 is 1.97 bits per heavy atom. The predicted molar refractivity (Wildman–Crippen MR) is 127 cm³/mol. The molecule has 8 nitrogen and oxygen atoms in total. The first-order valence-electron chi connectivity index (χ1n) is 10.8. The lowest BCUT2D eigenvalue weighted by Gasteiger charge is -2.29. The van der Waals surface area contributed by atoms with Crippen LogP contribution in [-0.2, 0) is 14.3 Å². The molecule has 0 aliphatic carbocycles. The molecule has 0 radical (unpaired) electrons. The highest BCUT2D eigenvalue weighted by atomic mass is 35.5. The van der Waals surface area contributed by atoms with Crippen molar-refractivity contribution >= 4 is 52.0 Å². The molecule has 0 bridgehead atoms. The number of alkyl halides is 5. The summed E-state index contributed by atoms with van der Waals surface area (Å²) < 4.78 is 72.1. The number of halogens is 6. The third-order valence-corrected chi connectivity index (χ3v) is 6.57. The maximum Gasteiger partial charge on any atom is 0.401 e. The van der Waals surface area contributed by atoms with Crippen LogP contribution < -0.4 is 15.5 Å². The lowest BCUT2D eigenvalue weighted by atomic mass is 10.1. The summed E-state index contributed by atoms with van der Waals surface area (Å²) in [4.78, 5) is 39.5. The lowest BCUT2D eigenvalue weighted by molar-refractivity contribution is -0.150. The lowest BCUT2D eigenvalue weighted by Crippen LogP contribution is -2.51. The summed E-state index contributed by atoms with van der Waals surface area (Å²) in [6.45, 7) is -1.89. The molecule has 1 aliphatic rings. The molecular formula is C22H22ClF5N4O4S. The molecule has 15 heteroatoms. The van der Waals surface area contributed by atoms with Gasteiger partial charge >= 0.3 is 6.18 Å². The number of morpholine rings is 1. The average Bonchev–Trinajstić information content (AvgIpc) is 3.25. The number of benzene rings is 1. The van der Waals surface area contributed by atoms with E-state index in [1.165, 1.54) is 23.1 Å². The molecule has 0 saturated carbocycles. The molecule has 1 atom stereocenters. The van der Waals surface area contributed by atoms with Gasteiger partial charge in [0.1, 0.15) is 12.6 Å². The topological polar surface area (TPSA) is 91.0 Å². The maximum atomic E-state index is 13.8. The second kappa shape index (κ2) is 12.2. The summed E-state index contributed by atoms with van der Waals surface area (Å²) in [6.07, 6.45) is -7.74. The van der Waals surface area contributed by atoms with Crippen molar-refractivity contribution in [2.75, 3.05) is 50.1 Å². The Morgan fingerprint density at radius 3 is 2.57 bits per heavy atom. The third kappa shape index (κ3) is 7.84. The first-order valence-corrected chi connectivity index (χ1v) is 12.0. The minimum absolute atomic E-state index is 0.146. The number of hydrogen-bond donors (Lipinski definition) is 2. The first kappa shape index (κ1) is 28.8. The van der Waals surface area contributed by atoms with Crippen molar-refractivity contribution in [2.24, 2.45) is 0 Å². The Hall–Kier alpha value is -2.81. The number of nitrogens with zero attached hydrogens (tertiary/aromatic N) is 2. The highest BCUT2D eigenvalue weighted by molar-refractivity contribution is 7.18. The number of amides is 3. The van der Waals surface area contributed by atoms with E-state index in [4.69, 9.17) is 16.3 Å². The predicted octanol–water partition coefficient (Wildman–Crippen LogP) is 3.93. The van der Waals surface area contributed by atoms with E-state index in [9.17, 15) is 36.3 Å². The van der Waals surface area contributed by atoms with Gasteiger partial charge in [0.2, 0.25) is 5.91 Å². The highest BCUT2D eigenvalue weighted by Gasteiger charge is 2.35. The van der Waals surface area contributed by atoms with E-state index in [0.29, 0.717) is 9.24 Å². The average molecular weight is 569 g/mol. The number of hydrogen-bond acceptors (Lipinski definition) is 6. The van der Waals surface area contributed by atoms with E-state index in [0.717, 1.165) is 30.5 Å². The van der Waals surface area contributed by atoms with Crippen molar-refractivity contribution in [3.8, 4) is 0 Å². The third-order valence-electron chi connectivity index (χ3n) is 5.34. The number of nitrogens with one attached hydrogen (secondary N) is 2. The number of likely N-dealkylation sites (N-methyl/N-ethyl adjacent to an activating group) is 1. The summed E-state index contributed by atoms with van der Waals surface area (Å²) in [5.41, 5.74) is -0.805. The molecule has 37 heavy (non-hydrogen) atoms. The zero-order valence-corrected chi connectivity index (χ0v) is 20.9. The van der Waals surface area contributed by atoms with Crippen LogP contribution in [-0.4, -0.2) is 74.7 Å². The number of rotatable bonds is 9. The molecule has 1 fully saturated rings. The molecule has 2 aromatic rings. The molecule has 3 rings (SSSR count). The van der Waals surface area contributed by atoms with Crippen molar-refractivity contribution in [1.82, 2.24) is 10.2 Å². The highest BCUT2D eigenvalue weighted by Crippen LogP contribution is 2.32. The van der Waals surface area contributed by atoms with Crippen molar-refractivity contribution in [3.63, 3.8) is 0 Å². The van der Waals surface area contributed by atoms with Gasteiger partial charge in [-0.2, -0.15) is 13.2 Å². The molecule has 202 valence electrons. The second-order valence-corrected chi connectivity index (χ2v) is 9.73. The van der Waals surface area contributed by atoms with E-state index >= 15 is 0 Å². The fourth-order valence-corrected chi connectivity index (χ4v) is 4.53. The van der Waals surface area contributed by atoms with Crippen LogP contribution in [0.25, 0.3) is 0 Å². The number of thiophene rings is 1. The molecule has 3 amide bonds. The van der Waals surface area contributed by atoms with Crippen LogP contribution in [0.15, 0.2) is 30.3 Å². The summed E-state index contributed by atoms with van der Waals surface area (Å²) in [7, 11) is 1.02. The summed E-state index contributed by atoms with van der Waals surface area (Å²) >= 11 is 6.73. The maximum absolute atomic E-state index is 13.8. The van der Waals surface area contributed by atoms with Crippen molar-refractivity contribution in [3.05, 3.63) is 45.1 Å². The molecular weight excluding hydrogens is 547 g/mol. The SMILES string of the molecule is CN(CC(F)(F)F)[C@H](CNC(=O)c1ccc(Cl)s1)C(=O)Nc1ccc(N2CCOCC2=O)cc1C(F)F. The molecule has 0 unspecified atom stereocenters. The van der Waals surface area contributed by atoms with Crippen LogP contribution >= 0.6 is 22.9 Å². The fraction of sp³-hybridized carbons (Fsp3) is 0.409. The van der Waals surface area contributed by atoms with E-state index in [2.05, 4.69) is 10.6 Å². The van der Waals surface area contributed by atoms with Gasteiger partial charge in [-0.25, -0.2) is 8.78 Å². The zero-order chi connectivity index (χ0) is 27.3. The standard InChI is InChI=1S/C22H22ClF5N4O4S/c1-31(11-22(26,27)28)15(9-29-21(35)16-4-5-17(23)37-16)20(34)30-14-3-2-12(8-13(14)19(24)25)32-6-7-36-10-18(32)33/h2-5,8,15,19H,6-7,9-11H2,1H3,(H,29,35)(H,30,34)/t15-/m1/s1. The quantitative estimate of drug-likeness (QED) is 0.447. The zero-order valence-electron chi connectivity index (χ0n) is 19.3. The Balaban J connectivity index is 1.81. The van der Waals surface area contributed by atoms with Gasteiger partial charge in [-0.1, -0.05) is 11.6 Å². The van der Waals surface area contributed by atoms with Gasteiger partial charge in [0.15, 0.2) is 0 Å². The summed E-state index contributed by atoms with van der Waals surface area (Å²) in [5, 5.41) is 4.62. The van der Waals surface area contributed by atoms with E-state index in [1.54, 1.807) is 0 Å². The van der Waals surface area contributed by atoms with E-state index < -0.39 is 55.0 Å². The largest absolute Gasteiger partial charge is 0.401 e. The number of anilines is 2. The number of carbonyl (C=O) groups excluding carboxylic acids is 3. The van der Waals surface area contributed by atoms with Gasteiger partial charge in [-0.3, -0.25) is 19.3 Å². The van der Waals surface area contributed by atoms with Crippen molar-refractivity contribution in [2.45, 2.75) is 18.6 Å². The van der Waals surface area contributed by atoms with Gasteiger partial charge < -0.3 is 20.3 Å². The van der Waals surface area contributed by atoms with Crippen LogP contribution in [0.5, 0.6) is 0 Å². The Morgan fingerprint density at radius 1 is 1.24 bits per heavy atom. The van der Waals surface area contributed by atoms with Crippen LogP contribution in [0.4, 0.5) is 33.3 Å². The van der Waals surface area contributed by atoms with Gasteiger partial charge in [0, 0.05) is 30.0 Å². The summed E-state index contributed by atoms with van der Waals surface area (Å²) in [5.74, 6) is -2.14. The van der Waals surface area contributed by atoms with Gasteiger partial charge in [0.05, 0.1) is 22.4 Å². The van der Waals surface area contributed by atoms with Gasteiger partial charge in [0.25, 0.3) is 18.2 Å². The monoisotopic (exact) mass is 568 g/mol. The minimum atomic E-state index is -4.67. The second-order valence-electron chi connectivity index (χ2n) is 8.02. The normalized spacial score (nSPS) is 15.3. The Bertz CT molecular complexity index is 1150. The van der Waals surface area contributed by atoms with Gasteiger partial charge in [-0.15, -0.1) is 11.3 Å². The van der Waals surface area contributed by atoms with Crippen LogP contribution in [0.3, 0.4) is 0 Å². The molecule has 1 aromatic carbocycles. The Kier molecular flexibility index (Phi) is 9.45. The molecule has 0 spiro atoms. The molecule has 1 saturated heterocycles. The minimum Gasteiger partial charge on any atom is -0.370 e. The fourth-order valence-electron chi connectivity index (χ4n) is 3.57. The molecule has 1 aromatic heterocycles. The van der Waals surface area contributed by atoms with E-state index in [1.807, 2.05) is 0 Å². The summed E-state index contributed by atoms with van der Waals surface area (Å²) in [6, 6.07) is 4.81. The molecule has 2 heterocycles. The first-order chi connectivity index (χ1) is 17.4. The Labute approximate surface area is 217 Å². The molecule has 1 aliphatic heterocycles. The smallest absolute Gasteiger partial charge is 0.370 e. The van der Waals surface area contributed by atoms with Crippen LogP contribution in [0, 0.1) is 0 Å². The number of carbonyl (C=O) groups is 3. The van der Waals surface area contributed by atoms with Crippen molar-refractivity contribution in [1.29, 1.82) is 0 Å². The molecule has 2 N–H and O–H groups in total. The van der Waals surface area contributed by atoms with Crippen molar-refractivity contribution < 1.29 is 41.1 Å². The van der Waals surface area contributed by atoms with Crippen LogP contribution in [0.2, 0.25) is 4.34 Å². The number of ether oxygens (including phenoxy) is 1. The van der Waals surface area contributed by atoms with Crippen LogP contribution in [0.1, 0.15) is 21.7 Å². The van der Waals surface area contributed by atoms with Gasteiger partial charge in [-0.05, 0) is 37.4 Å².